The zero-order valence-corrected chi connectivity index (χ0v) is 19.3. The van der Waals surface area contributed by atoms with Crippen molar-refractivity contribution in [3.63, 3.8) is 0 Å². The van der Waals surface area contributed by atoms with Gasteiger partial charge < -0.3 is 14.4 Å². The normalized spacial score (nSPS) is 17.5. The fourth-order valence-electron chi connectivity index (χ4n) is 4.69. The highest BCUT2D eigenvalue weighted by atomic mass is 19.4. The van der Waals surface area contributed by atoms with Gasteiger partial charge in [-0.1, -0.05) is 12.1 Å². The minimum Gasteiger partial charge on any atom is -0.456 e. The Kier molecular flexibility index (Phi) is 6.48. The molecule has 1 aromatic carbocycles. The summed E-state index contributed by atoms with van der Waals surface area (Å²) in [5.41, 5.74) is 0.389. The maximum Gasteiger partial charge on any atom is 0.418 e. The van der Waals surface area contributed by atoms with Gasteiger partial charge in [-0.05, 0) is 42.0 Å². The summed E-state index contributed by atoms with van der Waals surface area (Å²) in [7, 11) is 0. The number of hydrogen-bond donors (Lipinski definition) is 0. The van der Waals surface area contributed by atoms with Gasteiger partial charge in [0.2, 0.25) is 0 Å². The number of piperidine rings is 1. The minimum absolute atomic E-state index is 0.159. The Labute approximate surface area is 205 Å². The zero-order valence-electron chi connectivity index (χ0n) is 19.3. The van der Waals surface area contributed by atoms with Crippen LogP contribution in [0.3, 0.4) is 0 Å². The van der Waals surface area contributed by atoms with Crippen LogP contribution in [0.5, 0.6) is 17.2 Å². The van der Waals surface area contributed by atoms with E-state index in [0.717, 1.165) is 50.5 Å². The molecule has 0 unspecified atom stereocenters. The lowest BCUT2D eigenvalue weighted by Crippen LogP contribution is -2.60. The van der Waals surface area contributed by atoms with E-state index in [2.05, 4.69) is 20.1 Å². The number of carbonyl (C=O) groups is 1. The number of rotatable bonds is 5. The van der Waals surface area contributed by atoms with Gasteiger partial charge >= 0.3 is 12.3 Å². The molecule has 1 amide bonds. The summed E-state index contributed by atoms with van der Waals surface area (Å²) in [5.74, 6) is 1.15. The number of alkyl halides is 3. The number of pyridine rings is 1. The van der Waals surface area contributed by atoms with Crippen molar-refractivity contribution in [2.75, 3.05) is 26.2 Å². The van der Waals surface area contributed by atoms with Gasteiger partial charge in [0.1, 0.15) is 11.5 Å². The van der Waals surface area contributed by atoms with Crippen molar-refractivity contribution < 1.29 is 27.4 Å². The molecule has 188 valence electrons. The molecule has 0 radical (unpaired) electrons. The third-order valence-corrected chi connectivity index (χ3v) is 6.57. The fourth-order valence-corrected chi connectivity index (χ4v) is 4.69. The van der Waals surface area contributed by atoms with E-state index < -0.39 is 17.8 Å². The van der Waals surface area contributed by atoms with Crippen LogP contribution >= 0.6 is 0 Å². The zero-order chi connectivity index (χ0) is 25.2. The molecule has 1 spiro atoms. The molecule has 0 saturated carbocycles. The van der Waals surface area contributed by atoms with Crippen LogP contribution in [0.1, 0.15) is 24.0 Å². The van der Waals surface area contributed by atoms with Crippen molar-refractivity contribution in [1.29, 1.82) is 0 Å². The van der Waals surface area contributed by atoms with Gasteiger partial charge in [-0.3, -0.25) is 9.88 Å². The van der Waals surface area contributed by atoms with E-state index in [-0.39, 0.29) is 11.2 Å². The topological polar surface area (TPSA) is 80.7 Å². The molecule has 5 rings (SSSR count). The van der Waals surface area contributed by atoms with Gasteiger partial charge in [-0.25, -0.2) is 4.79 Å². The SMILES string of the molecule is O=C(Oc1cncc(C(F)(F)F)c1)N1CCC2(CC1)CN(Cc1ccc(Oc3ccnnc3)cc1)C2. The molecule has 2 aromatic heterocycles. The number of benzene rings is 1. The number of aromatic nitrogens is 3. The van der Waals surface area contributed by atoms with E-state index >= 15 is 0 Å². The van der Waals surface area contributed by atoms with E-state index in [4.69, 9.17) is 9.47 Å². The lowest BCUT2D eigenvalue weighted by atomic mass is 9.72. The maximum absolute atomic E-state index is 12.9. The molecule has 11 heteroatoms. The Morgan fingerprint density at radius 1 is 0.944 bits per heavy atom. The van der Waals surface area contributed by atoms with Gasteiger partial charge in [0.15, 0.2) is 5.75 Å². The molecule has 0 aliphatic carbocycles. The molecule has 3 aromatic rings. The largest absolute Gasteiger partial charge is 0.456 e. The maximum atomic E-state index is 12.9. The molecule has 2 saturated heterocycles. The predicted octanol–water partition coefficient (Wildman–Crippen LogP) is 4.78. The van der Waals surface area contributed by atoms with E-state index in [9.17, 15) is 18.0 Å². The summed E-state index contributed by atoms with van der Waals surface area (Å²) in [5, 5.41) is 7.52. The first-order chi connectivity index (χ1) is 17.3. The van der Waals surface area contributed by atoms with Crippen LogP contribution < -0.4 is 9.47 Å². The number of likely N-dealkylation sites (tertiary alicyclic amines) is 2. The summed E-state index contributed by atoms with van der Waals surface area (Å²) in [4.78, 5) is 19.9. The molecule has 2 fully saturated rings. The van der Waals surface area contributed by atoms with E-state index in [0.29, 0.717) is 25.0 Å². The fraction of sp³-hybridized carbons (Fsp3) is 0.360. The smallest absolute Gasteiger partial charge is 0.418 e. The third-order valence-electron chi connectivity index (χ3n) is 6.57. The quantitative estimate of drug-likeness (QED) is 0.500. The third kappa shape index (κ3) is 5.56. The Morgan fingerprint density at radius 2 is 1.69 bits per heavy atom. The highest BCUT2D eigenvalue weighted by molar-refractivity contribution is 5.70. The van der Waals surface area contributed by atoms with Crippen LogP contribution in [0.2, 0.25) is 0 Å². The Hall–Kier alpha value is -3.73. The average Bonchev–Trinajstić information content (AvgIpc) is 2.85. The van der Waals surface area contributed by atoms with Crippen molar-refractivity contribution in [2.45, 2.75) is 25.6 Å². The summed E-state index contributed by atoms with van der Waals surface area (Å²) in [6, 6.07) is 10.5. The van der Waals surface area contributed by atoms with Gasteiger partial charge in [-0.2, -0.15) is 23.4 Å². The second-order valence-electron chi connectivity index (χ2n) is 9.23. The number of hydrogen-bond acceptors (Lipinski definition) is 7. The Morgan fingerprint density at radius 3 is 2.36 bits per heavy atom. The van der Waals surface area contributed by atoms with Crippen LogP contribution in [0.4, 0.5) is 18.0 Å². The standard InChI is InChI=1S/C25H24F3N5O3/c26-25(27,28)19-11-22(13-29-12-19)36-23(34)33-9-6-24(7-10-33)16-32(17-24)15-18-1-3-20(4-2-18)35-21-5-8-30-31-14-21/h1-5,8,11-14H,6-7,9-10,15-17H2. The number of halogens is 3. The van der Waals surface area contributed by atoms with E-state index in [1.165, 1.54) is 5.56 Å². The van der Waals surface area contributed by atoms with Crippen molar-refractivity contribution >= 4 is 6.09 Å². The molecule has 36 heavy (non-hydrogen) atoms. The monoisotopic (exact) mass is 499 g/mol. The first-order valence-corrected chi connectivity index (χ1v) is 11.5. The summed E-state index contributed by atoms with van der Waals surface area (Å²) in [6.45, 7) is 3.72. The van der Waals surface area contributed by atoms with Gasteiger partial charge in [0.05, 0.1) is 24.2 Å². The average molecular weight is 499 g/mol. The second-order valence-corrected chi connectivity index (χ2v) is 9.23. The molecule has 4 heterocycles. The number of nitrogens with zero attached hydrogens (tertiary/aromatic N) is 5. The number of carbonyl (C=O) groups excluding carboxylic acids is 1. The summed E-state index contributed by atoms with van der Waals surface area (Å²) in [6.07, 6.45) is 1.40. The first kappa shape index (κ1) is 24.0. The van der Waals surface area contributed by atoms with Crippen LogP contribution in [0.15, 0.2) is 61.2 Å². The van der Waals surface area contributed by atoms with Gasteiger partial charge in [0, 0.05) is 45.0 Å². The first-order valence-electron chi connectivity index (χ1n) is 11.5. The van der Waals surface area contributed by atoms with Crippen molar-refractivity contribution in [1.82, 2.24) is 25.0 Å². The van der Waals surface area contributed by atoms with Gasteiger partial charge in [-0.15, -0.1) is 0 Å². The molecule has 2 aliphatic heterocycles. The second kappa shape index (κ2) is 9.73. The molecule has 0 bridgehead atoms. The van der Waals surface area contributed by atoms with E-state index in [1.54, 1.807) is 23.4 Å². The van der Waals surface area contributed by atoms with Crippen molar-refractivity contribution in [3.8, 4) is 17.2 Å². The lowest BCUT2D eigenvalue weighted by Gasteiger charge is -2.54. The number of amides is 1. The van der Waals surface area contributed by atoms with E-state index in [1.807, 2.05) is 24.3 Å². The summed E-state index contributed by atoms with van der Waals surface area (Å²) >= 11 is 0. The summed E-state index contributed by atoms with van der Waals surface area (Å²) < 4.78 is 49.5. The molecule has 0 atom stereocenters. The predicted molar refractivity (Wildman–Crippen MR) is 122 cm³/mol. The van der Waals surface area contributed by atoms with Gasteiger partial charge in [0.25, 0.3) is 0 Å². The highest BCUT2D eigenvalue weighted by Crippen LogP contribution is 2.41. The van der Waals surface area contributed by atoms with Crippen LogP contribution in [0.25, 0.3) is 0 Å². The molecule has 0 N–H and O–H groups in total. The van der Waals surface area contributed by atoms with Crippen LogP contribution in [0, 0.1) is 5.41 Å². The molecular weight excluding hydrogens is 475 g/mol. The highest BCUT2D eigenvalue weighted by Gasteiger charge is 2.45. The van der Waals surface area contributed by atoms with Crippen LogP contribution in [-0.2, 0) is 12.7 Å². The van der Waals surface area contributed by atoms with Crippen LogP contribution in [-0.4, -0.2) is 57.3 Å². The van der Waals surface area contributed by atoms with Crippen molar-refractivity contribution in [2.24, 2.45) is 5.41 Å². The number of ether oxygens (including phenoxy) is 2. The molecular formula is C25H24F3N5O3. The Bertz CT molecular complexity index is 1190. The minimum atomic E-state index is -4.55. The Balaban J connectivity index is 1.07. The molecule has 8 nitrogen and oxygen atoms in total. The molecule has 2 aliphatic rings. The van der Waals surface area contributed by atoms with Crippen molar-refractivity contribution in [3.05, 3.63) is 72.3 Å². The lowest BCUT2D eigenvalue weighted by molar-refractivity contribution is -0.137.